The largest absolute Gasteiger partial charge is 0.458 e. The molecule has 3 atom stereocenters. The lowest BCUT2D eigenvalue weighted by atomic mass is 9.92. The summed E-state index contributed by atoms with van der Waals surface area (Å²) in [5.74, 6) is -0.876. The fourth-order valence-corrected chi connectivity index (χ4v) is 6.04. The summed E-state index contributed by atoms with van der Waals surface area (Å²) in [7, 11) is 0. The fraction of sp³-hybridized carbons (Fsp3) is 0.545. The summed E-state index contributed by atoms with van der Waals surface area (Å²) in [4.78, 5) is 58.7. The molecule has 0 aromatic heterocycles. The molecule has 318 valence electrons. The van der Waals surface area contributed by atoms with E-state index in [1.807, 2.05) is 60.7 Å². The lowest BCUT2D eigenvalue weighted by molar-refractivity contribution is -0.161. The summed E-state index contributed by atoms with van der Waals surface area (Å²) in [5, 5.41) is 15.2. The van der Waals surface area contributed by atoms with E-state index < -0.39 is 64.2 Å². The molecule has 14 heteroatoms. The van der Waals surface area contributed by atoms with Crippen LogP contribution in [-0.2, 0) is 33.4 Å². The number of oxime groups is 2. The van der Waals surface area contributed by atoms with Crippen molar-refractivity contribution in [3.8, 4) is 0 Å². The number of nitrogens with zero attached hydrogens (tertiary/aromatic N) is 4. The Kier molecular flexibility index (Phi) is 15.3. The number of hydrogen-bond acceptors (Lipinski definition) is 12. The lowest BCUT2D eigenvalue weighted by Crippen LogP contribution is -2.46. The molecule has 2 amide bonds. The summed E-state index contributed by atoms with van der Waals surface area (Å²) in [6, 6.07) is 17.7. The van der Waals surface area contributed by atoms with Crippen molar-refractivity contribution in [1.82, 2.24) is 9.80 Å². The zero-order valence-corrected chi connectivity index (χ0v) is 36.2. The van der Waals surface area contributed by atoms with Gasteiger partial charge in [-0.2, -0.15) is 0 Å². The van der Waals surface area contributed by atoms with Gasteiger partial charge < -0.3 is 29.0 Å². The minimum absolute atomic E-state index is 0.214. The van der Waals surface area contributed by atoms with Crippen LogP contribution in [0.2, 0.25) is 0 Å². The highest BCUT2D eigenvalue weighted by Crippen LogP contribution is 2.40. The molecule has 2 aromatic carbocycles. The predicted molar refractivity (Wildman–Crippen MR) is 221 cm³/mol. The van der Waals surface area contributed by atoms with Crippen molar-refractivity contribution in [2.24, 2.45) is 10.3 Å². The normalized spacial score (nSPS) is 20.6. The molecule has 3 aliphatic rings. The molecule has 0 saturated carbocycles. The summed E-state index contributed by atoms with van der Waals surface area (Å²) in [6.45, 7) is 26.0. The Balaban J connectivity index is 0.000000267. The van der Waals surface area contributed by atoms with Crippen LogP contribution >= 0.6 is 0 Å². The lowest BCUT2D eigenvalue weighted by Gasteiger charge is -2.29. The van der Waals surface area contributed by atoms with Gasteiger partial charge in [-0.3, -0.25) is 9.80 Å². The maximum Gasteiger partial charge on any atom is 0.411 e. The smallest absolute Gasteiger partial charge is 0.411 e. The molecule has 0 aliphatic carbocycles. The molecule has 2 aromatic rings. The highest BCUT2D eigenvalue weighted by Gasteiger charge is 2.55. The van der Waals surface area contributed by atoms with Crippen LogP contribution in [0.3, 0.4) is 0 Å². The number of carbonyl (C=O) groups is 4. The number of hydrogen-bond donors (Lipinski definition) is 1. The molecule has 5 rings (SSSR count). The Morgan fingerprint density at radius 3 is 1.69 bits per heavy atom. The molecule has 0 bridgehead atoms. The van der Waals surface area contributed by atoms with E-state index in [1.165, 1.54) is 16.0 Å². The summed E-state index contributed by atoms with van der Waals surface area (Å²) < 4.78 is 21.8. The van der Waals surface area contributed by atoms with Crippen molar-refractivity contribution in [3.05, 3.63) is 83.9 Å². The first-order chi connectivity index (χ1) is 26.7. The van der Waals surface area contributed by atoms with Crippen LogP contribution in [0.1, 0.15) is 113 Å². The van der Waals surface area contributed by atoms with Crippen molar-refractivity contribution >= 4 is 36.1 Å². The highest BCUT2D eigenvalue weighted by molar-refractivity contribution is 6.02. The molecule has 2 saturated heterocycles. The maximum absolute atomic E-state index is 12.9. The van der Waals surface area contributed by atoms with Crippen LogP contribution in [0.25, 0.3) is 0 Å². The minimum Gasteiger partial charge on any atom is -0.458 e. The van der Waals surface area contributed by atoms with Gasteiger partial charge in [0, 0.05) is 25.8 Å². The second kappa shape index (κ2) is 18.9. The van der Waals surface area contributed by atoms with Crippen LogP contribution in [0.15, 0.2) is 83.1 Å². The van der Waals surface area contributed by atoms with E-state index in [9.17, 15) is 19.2 Å². The molecule has 14 nitrogen and oxygen atoms in total. The second-order valence-electron chi connectivity index (χ2n) is 18.5. The van der Waals surface area contributed by atoms with Crippen LogP contribution < -0.4 is 0 Å². The van der Waals surface area contributed by atoms with E-state index in [0.29, 0.717) is 25.8 Å². The van der Waals surface area contributed by atoms with Crippen molar-refractivity contribution in [2.45, 2.75) is 142 Å². The zero-order valence-electron chi connectivity index (χ0n) is 36.2. The SMILES string of the molecule is C=C1CC(C(=O)OC(C)(C)C)N(C(=O)OC(C)(C)C)C1.CC(C)(C)OC(=O)C1C[C@]2(CC(c3ccccc3)=NO2)CN1C(=O)OC(C)(C)C.O/N=C/c1ccccc1. The fourth-order valence-electron chi connectivity index (χ4n) is 6.04. The molecular formula is C44H62N4O10. The average molecular weight is 807 g/mol. The van der Waals surface area contributed by atoms with E-state index in [4.69, 9.17) is 29.0 Å². The molecule has 0 radical (unpaired) electrons. The summed E-state index contributed by atoms with van der Waals surface area (Å²) >= 11 is 0. The molecule has 1 spiro atoms. The van der Waals surface area contributed by atoms with Gasteiger partial charge in [0.2, 0.25) is 0 Å². The third-order valence-corrected chi connectivity index (χ3v) is 8.22. The predicted octanol–water partition coefficient (Wildman–Crippen LogP) is 8.29. The molecule has 58 heavy (non-hydrogen) atoms. The summed E-state index contributed by atoms with van der Waals surface area (Å²) in [6.07, 6.45) is 1.57. The van der Waals surface area contributed by atoms with Gasteiger partial charge >= 0.3 is 24.1 Å². The number of likely N-dealkylation sites (tertiary alicyclic amines) is 2. The Bertz CT molecular complexity index is 1730. The summed E-state index contributed by atoms with van der Waals surface area (Å²) in [5.41, 5.74) is 0.228. The van der Waals surface area contributed by atoms with Gasteiger partial charge in [0.15, 0.2) is 5.60 Å². The first kappa shape index (κ1) is 47.0. The number of rotatable bonds is 4. The van der Waals surface area contributed by atoms with Crippen LogP contribution in [-0.4, -0.2) is 104 Å². The number of amides is 2. The third-order valence-electron chi connectivity index (χ3n) is 8.22. The zero-order chi connectivity index (χ0) is 43.7. The van der Waals surface area contributed by atoms with E-state index in [2.05, 4.69) is 16.9 Å². The Labute approximate surface area is 343 Å². The van der Waals surface area contributed by atoms with Gasteiger partial charge in [-0.25, -0.2) is 19.2 Å². The molecule has 2 fully saturated rings. The second-order valence-corrected chi connectivity index (χ2v) is 18.5. The van der Waals surface area contributed by atoms with E-state index >= 15 is 0 Å². The number of ether oxygens (including phenoxy) is 4. The molecular weight excluding hydrogens is 745 g/mol. The van der Waals surface area contributed by atoms with Gasteiger partial charge in [0.25, 0.3) is 0 Å². The average Bonchev–Trinajstić information content (AvgIpc) is 3.80. The van der Waals surface area contributed by atoms with Crippen LogP contribution in [0, 0.1) is 0 Å². The minimum atomic E-state index is -0.783. The van der Waals surface area contributed by atoms with Gasteiger partial charge in [-0.1, -0.05) is 83.1 Å². The maximum atomic E-state index is 12.9. The Morgan fingerprint density at radius 1 is 0.741 bits per heavy atom. The highest BCUT2D eigenvalue weighted by atomic mass is 16.7. The van der Waals surface area contributed by atoms with Gasteiger partial charge in [0.1, 0.15) is 34.5 Å². The van der Waals surface area contributed by atoms with Crippen molar-refractivity contribution in [3.63, 3.8) is 0 Å². The topological polar surface area (TPSA) is 166 Å². The van der Waals surface area contributed by atoms with E-state index in [1.54, 1.807) is 83.1 Å². The molecule has 3 heterocycles. The number of carbonyl (C=O) groups excluding carboxylic acids is 4. The monoisotopic (exact) mass is 806 g/mol. The molecule has 2 unspecified atom stereocenters. The third kappa shape index (κ3) is 15.2. The van der Waals surface area contributed by atoms with Crippen LogP contribution in [0.4, 0.5) is 9.59 Å². The van der Waals surface area contributed by atoms with E-state index in [-0.39, 0.29) is 6.54 Å². The number of benzene rings is 2. The van der Waals surface area contributed by atoms with Crippen molar-refractivity contribution in [1.29, 1.82) is 0 Å². The Morgan fingerprint density at radius 2 is 1.21 bits per heavy atom. The quantitative estimate of drug-likeness (QED) is 0.0794. The van der Waals surface area contributed by atoms with Crippen molar-refractivity contribution in [2.75, 3.05) is 13.1 Å². The van der Waals surface area contributed by atoms with Gasteiger partial charge in [0.05, 0.1) is 18.5 Å². The molecule has 1 N–H and O–H groups in total. The van der Waals surface area contributed by atoms with Gasteiger partial charge in [-0.05, 0) is 94.2 Å². The van der Waals surface area contributed by atoms with Crippen molar-refractivity contribution < 1.29 is 48.2 Å². The van der Waals surface area contributed by atoms with Crippen LogP contribution in [0.5, 0.6) is 0 Å². The molecule has 3 aliphatic heterocycles. The standard InChI is InChI=1S/C22H30N2O5.C15H25NO4.C7H7NO/c1-20(2,3)27-18(25)17-13-22(14-24(17)19(26)28-21(4,5)6)12-16(23-29-22)15-10-8-7-9-11-15;1-10-8-11(12(17)19-14(2,3)4)16(9-10)13(18)20-15(5,6)7;9-8-6-7-4-2-1-3-5-7/h7-11,17H,12-14H2,1-6H3;11H,1,8-9H2,2-7H3;1-6,9H/b;;8-6+/t17?,22-;;/m1../s1. The number of esters is 2. The first-order valence-corrected chi connectivity index (χ1v) is 19.3. The van der Waals surface area contributed by atoms with Gasteiger partial charge in [-0.15, -0.1) is 0 Å². The van der Waals surface area contributed by atoms with E-state index in [0.717, 1.165) is 22.4 Å². The first-order valence-electron chi connectivity index (χ1n) is 19.3. The Hall–Kier alpha value is -5.40.